The Morgan fingerprint density at radius 1 is 0.833 bits per heavy atom. The molecule has 36 heavy (non-hydrogen) atoms. The van der Waals surface area contributed by atoms with E-state index in [1.807, 2.05) is 5.43 Å². The zero-order chi connectivity index (χ0) is 26.6. The molecule has 0 unspecified atom stereocenters. The van der Waals surface area contributed by atoms with Crippen molar-refractivity contribution in [3.63, 3.8) is 0 Å². The van der Waals surface area contributed by atoms with Gasteiger partial charge in [-0.25, -0.2) is 13.8 Å². The Balaban J connectivity index is 1.87. The van der Waals surface area contributed by atoms with Crippen LogP contribution in [0.2, 0.25) is 0 Å². The molecular formula is C23H17F6N3O3S. The van der Waals surface area contributed by atoms with Crippen LogP contribution in [0.5, 0.6) is 0 Å². The van der Waals surface area contributed by atoms with Crippen molar-refractivity contribution < 1.29 is 39.6 Å². The summed E-state index contributed by atoms with van der Waals surface area (Å²) in [4.78, 5) is 12.2. The first-order chi connectivity index (χ1) is 16.8. The fraction of sp³-hybridized carbons (Fsp3) is 0.130. The topological polar surface area (TPSA) is 78.8 Å². The monoisotopic (exact) mass is 529 g/mol. The van der Waals surface area contributed by atoms with Crippen LogP contribution in [0, 0.1) is 0 Å². The number of carbonyl (C=O) groups excluding carboxylic acids is 1. The molecule has 0 heterocycles. The highest BCUT2D eigenvalue weighted by atomic mass is 32.2. The van der Waals surface area contributed by atoms with E-state index >= 15 is 0 Å². The van der Waals surface area contributed by atoms with Crippen molar-refractivity contribution in [1.82, 2.24) is 5.43 Å². The molecule has 0 aliphatic carbocycles. The lowest BCUT2D eigenvalue weighted by Crippen LogP contribution is -2.39. The van der Waals surface area contributed by atoms with Crippen LogP contribution in [0.25, 0.3) is 0 Å². The van der Waals surface area contributed by atoms with Crippen molar-refractivity contribution in [3.8, 4) is 0 Å². The van der Waals surface area contributed by atoms with Gasteiger partial charge in [0.25, 0.3) is 15.9 Å². The zero-order valence-corrected chi connectivity index (χ0v) is 18.9. The van der Waals surface area contributed by atoms with Crippen LogP contribution in [-0.2, 0) is 27.2 Å². The zero-order valence-electron chi connectivity index (χ0n) is 18.1. The van der Waals surface area contributed by atoms with Gasteiger partial charge in [0.2, 0.25) is 0 Å². The van der Waals surface area contributed by atoms with E-state index in [0.717, 1.165) is 42.6 Å². The Morgan fingerprint density at radius 3 is 2.03 bits per heavy atom. The number of hydrazone groups is 1. The molecule has 0 aromatic heterocycles. The fourth-order valence-corrected chi connectivity index (χ4v) is 4.45. The number of anilines is 1. The number of alkyl halides is 6. The minimum absolute atomic E-state index is 0.00299. The van der Waals surface area contributed by atoms with Crippen LogP contribution in [0.3, 0.4) is 0 Å². The molecule has 0 bridgehead atoms. The highest BCUT2D eigenvalue weighted by Crippen LogP contribution is 2.33. The standard InChI is InChI=1S/C23H17F6N3O3S/c24-22(25,26)17-7-4-6-16(12-17)14-30-31-21(33)15-32(36(34,35)20-10-2-1-3-11-20)19-9-5-8-18(13-19)23(27,28)29/h1-14H,15H2,(H,31,33)/b30-14-. The quantitative estimate of drug-likeness (QED) is 0.264. The fourth-order valence-electron chi connectivity index (χ4n) is 3.01. The first-order valence-corrected chi connectivity index (χ1v) is 11.5. The molecular weight excluding hydrogens is 512 g/mol. The van der Waals surface area contributed by atoms with Crippen molar-refractivity contribution >= 4 is 27.8 Å². The molecule has 0 atom stereocenters. The normalized spacial score (nSPS) is 12.5. The van der Waals surface area contributed by atoms with E-state index in [1.54, 1.807) is 0 Å². The number of carbonyl (C=O) groups is 1. The van der Waals surface area contributed by atoms with Gasteiger partial charge in [-0.15, -0.1) is 0 Å². The lowest BCUT2D eigenvalue weighted by atomic mass is 10.1. The van der Waals surface area contributed by atoms with E-state index in [9.17, 15) is 39.6 Å². The maximum Gasteiger partial charge on any atom is 0.416 e. The predicted molar refractivity (Wildman–Crippen MR) is 120 cm³/mol. The summed E-state index contributed by atoms with van der Waals surface area (Å²) in [6, 6.07) is 14.2. The van der Waals surface area contributed by atoms with Crippen molar-refractivity contribution in [3.05, 3.63) is 95.6 Å². The molecule has 1 amide bonds. The Labute approximate surface area is 201 Å². The summed E-state index contributed by atoms with van der Waals surface area (Å²) in [5, 5.41) is 3.53. The summed E-state index contributed by atoms with van der Waals surface area (Å²) in [7, 11) is -4.48. The summed E-state index contributed by atoms with van der Waals surface area (Å²) in [6.45, 7) is -0.960. The number of nitrogens with one attached hydrogen (secondary N) is 1. The van der Waals surface area contributed by atoms with E-state index in [-0.39, 0.29) is 10.5 Å². The van der Waals surface area contributed by atoms with Gasteiger partial charge < -0.3 is 0 Å². The number of rotatable bonds is 7. The van der Waals surface area contributed by atoms with Crippen molar-refractivity contribution in [2.75, 3.05) is 10.8 Å². The largest absolute Gasteiger partial charge is 0.416 e. The summed E-state index contributed by atoms with van der Waals surface area (Å²) < 4.78 is 105. The molecule has 0 saturated carbocycles. The summed E-state index contributed by atoms with van der Waals surface area (Å²) in [5.74, 6) is -1.05. The van der Waals surface area contributed by atoms with Crippen LogP contribution in [0.4, 0.5) is 32.0 Å². The van der Waals surface area contributed by atoms with E-state index in [4.69, 9.17) is 0 Å². The van der Waals surface area contributed by atoms with Crippen LogP contribution >= 0.6 is 0 Å². The van der Waals surface area contributed by atoms with Gasteiger partial charge in [0.05, 0.1) is 27.9 Å². The molecule has 0 saturated heterocycles. The molecule has 0 aliphatic rings. The smallest absolute Gasteiger partial charge is 0.271 e. The third kappa shape index (κ3) is 6.62. The number of sulfonamides is 1. The van der Waals surface area contributed by atoms with Crippen LogP contribution in [0.15, 0.2) is 88.9 Å². The number of nitrogens with zero attached hydrogens (tertiary/aromatic N) is 2. The highest BCUT2D eigenvalue weighted by molar-refractivity contribution is 7.92. The van der Waals surface area contributed by atoms with E-state index < -0.39 is 51.6 Å². The number of halogens is 6. The maximum absolute atomic E-state index is 13.2. The number of amides is 1. The molecule has 0 spiro atoms. The number of benzene rings is 3. The molecule has 3 aromatic rings. The van der Waals surface area contributed by atoms with Gasteiger partial charge in [-0.05, 0) is 48.0 Å². The molecule has 0 radical (unpaired) electrons. The summed E-state index contributed by atoms with van der Waals surface area (Å²) in [6.07, 6.45) is -8.45. The Kier molecular flexibility index (Phi) is 7.72. The molecule has 3 rings (SSSR count). The second kappa shape index (κ2) is 10.4. The van der Waals surface area contributed by atoms with Crippen LogP contribution < -0.4 is 9.73 Å². The number of hydrogen-bond donors (Lipinski definition) is 1. The molecule has 190 valence electrons. The minimum Gasteiger partial charge on any atom is -0.271 e. The lowest BCUT2D eigenvalue weighted by Gasteiger charge is -2.24. The summed E-state index contributed by atoms with van der Waals surface area (Å²) in [5.41, 5.74) is -0.520. The molecule has 3 aromatic carbocycles. The molecule has 13 heteroatoms. The van der Waals surface area contributed by atoms with Gasteiger partial charge in [0.15, 0.2) is 0 Å². The number of hydrogen-bond acceptors (Lipinski definition) is 4. The molecule has 6 nitrogen and oxygen atoms in total. The van der Waals surface area contributed by atoms with Crippen molar-refractivity contribution in [2.24, 2.45) is 5.10 Å². The second-order valence-electron chi connectivity index (χ2n) is 7.29. The third-order valence-corrected chi connectivity index (χ3v) is 6.48. The van der Waals surface area contributed by atoms with Gasteiger partial charge >= 0.3 is 12.4 Å². The minimum atomic E-state index is -4.77. The SMILES string of the molecule is O=C(CN(c1cccc(C(F)(F)F)c1)S(=O)(=O)c1ccccc1)N/N=C\c1cccc(C(F)(F)F)c1. The van der Waals surface area contributed by atoms with E-state index in [2.05, 4.69) is 5.10 Å². The van der Waals surface area contributed by atoms with Gasteiger partial charge in [-0.3, -0.25) is 9.10 Å². The van der Waals surface area contributed by atoms with Gasteiger partial charge in [-0.2, -0.15) is 31.4 Å². The predicted octanol–water partition coefficient (Wildman–Crippen LogP) is 5.07. The van der Waals surface area contributed by atoms with Crippen LogP contribution in [-0.4, -0.2) is 27.1 Å². The Bertz CT molecular complexity index is 1360. The van der Waals surface area contributed by atoms with Crippen molar-refractivity contribution in [2.45, 2.75) is 17.2 Å². The van der Waals surface area contributed by atoms with E-state index in [0.29, 0.717) is 10.4 Å². The first-order valence-electron chi connectivity index (χ1n) is 10.0. The highest BCUT2D eigenvalue weighted by Gasteiger charge is 2.33. The van der Waals surface area contributed by atoms with Gasteiger partial charge in [-0.1, -0.05) is 36.4 Å². The van der Waals surface area contributed by atoms with E-state index in [1.165, 1.54) is 36.4 Å². The average molecular weight is 529 g/mol. The Morgan fingerprint density at radius 2 is 1.42 bits per heavy atom. The first kappa shape index (κ1) is 26.7. The lowest BCUT2D eigenvalue weighted by molar-refractivity contribution is -0.138. The summed E-state index contributed by atoms with van der Waals surface area (Å²) >= 11 is 0. The Hall–Kier alpha value is -3.87. The second-order valence-corrected chi connectivity index (χ2v) is 9.15. The van der Waals surface area contributed by atoms with Gasteiger partial charge in [0.1, 0.15) is 6.54 Å². The molecule has 0 aliphatic heterocycles. The van der Waals surface area contributed by atoms with Crippen molar-refractivity contribution in [1.29, 1.82) is 0 Å². The van der Waals surface area contributed by atoms with Gasteiger partial charge in [0, 0.05) is 0 Å². The molecule has 0 fully saturated rings. The molecule has 1 N–H and O–H groups in total. The average Bonchev–Trinajstić information content (AvgIpc) is 2.82. The third-order valence-electron chi connectivity index (χ3n) is 4.70. The maximum atomic E-state index is 13.2. The van der Waals surface area contributed by atoms with Crippen LogP contribution in [0.1, 0.15) is 16.7 Å².